The summed E-state index contributed by atoms with van der Waals surface area (Å²) in [5.74, 6) is -0.115. The molecule has 1 aromatic carbocycles. The first kappa shape index (κ1) is 8.49. The van der Waals surface area contributed by atoms with Crippen LogP contribution in [0.2, 0.25) is 0 Å². The zero-order valence-corrected chi connectivity index (χ0v) is 7.27. The van der Waals surface area contributed by atoms with Crippen LogP contribution in [0.5, 0.6) is 5.75 Å². The maximum absolute atomic E-state index is 10.7. The fourth-order valence-corrected chi connectivity index (χ4v) is 1.09. The molecule has 0 aliphatic carbocycles. The lowest BCUT2D eigenvalue weighted by atomic mass is 10.2. The first-order valence-corrected chi connectivity index (χ1v) is 3.76. The molecule has 58 valence electrons. The van der Waals surface area contributed by atoms with E-state index in [2.05, 4.69) is 25.3 Å². The summed E-state index contributed by atoms with van der Waals surface area (Å²) in [5.41, 5.74) is 0.181. The molecule has 1 rings (SSSR count). The minimum Gasteiger partial charge on any atom is -0.506 e. The summed E-state index contributed by atoms with van der Waals surface area (Å²) in [5, 5.41) is 8.76. The number of phenolic OH excluding ortho intramolecular Hbond substituents is 1. The molecular weight excluding hydrogens is 180 g/mol. The van der Waals surface area contributed by atoms with E-state index in [0.717, 1.165) is 0 Å². The smallest absolute Gasteiger partial charge is 0.220 e. The number of benzene rings is 1. The number of phenols is 1. The van der Waals surface area contributed by atoms with E-state index in [1.807, 2.05) is 0 Å². The summed E-state index contributed by atoms with van der Waals surface area (Å²) >= 11 is 7.50. The zero-order chi connectivity index (χ0) is 8.43. The summed E-state index contributed by atoms with van der Waals surface area (Å²) < 4.78 is 0. The quantitative estimate of drug-likeness (QED) is 0.584. The molecule has 0 saturated carbocycles. The molecule has 4 heteroatoms. The van der Waals surface area contributed by atoms with E-state index in [-0.39, 0.29) is 11.3 Å². The second kappa shape index (κ2) is 3.19. The van der Waals surface area contributed by atoms with Crippen LogP contribution in [0.25, 0.3) is 0 Å². The third kappa shape index (κ3) is 1.70. The number of thiol groups is 2. The van der Waals surface area contributed by atoms with Crippen LogP contribution in [0.3, 0.4) is 0 Å². The van der Waals surface area contributed by atoms with Crippen LogP contribution in [-0.4, -0.2) is 10.2 Å². The van der Waals surface area contributed by atoms with Gasteiger partial charge in [0, 0.05) is 4.90 Å². The lowest BCUT2D eigenvalue weighted by Crippen LogP contribution is -1.89. The van der Waals surface area contributed by atoms with Gasteiger partial charge >= 0.3 is 0 Å². The Balaban J connectivity index is 3.27. The standard InChI is InChI=1S/C7H6O2S2/c8-6-4(7(9)11)2-1-3-5(6)10/h1-3,8,10H,(H,9,11). The molecule has 11 heavy (non-hydrogen) atoms. The van der Waals surface area contributed by atoms with Crippen LogP contribution in [0, 0.1) is 0 Å². The van der Waals surface area contributed by atoms with Crippen molar-refractivity contribution in [3.63, 3.8) is 0 Å². The van der Waals surface area contributed by atoms with Crippen LogP contribution in [0.1, 0.15) is 10.4 Å². The van der Waals surface area contributed by atoms with Crippen LogP contribution in [0.15, 0.2) is 23.1 Å². The van der Waals surface area contributed by atoms with Crippen molar-refractivity contribution < 1.29 is 9.90 Å². The molecule has 0 aliphatic rings. The zero-order valence-electron chi connectivity index (χ0n) is 5.48. The molecule has 1 aromatic rings. The summed E-state index contributed by atoms with van der Waals surface area (Å²) in [7, 11) is 0. The van der Waals surface area contributed by atoms with Crippen molar-refractivity contribution in [1.29, 1.82) is 0 Å². The molecule has 0 unspecified atom stereocenters. The largest absolute Gasteiger partial charge is 0.506 e. The normalized spacial score (nSPS) is 9.64. The first-order chi connectivity index (χ1) is 5.13. The number of aromatic hydroxyl groups is 1. The molecule has 0 radical (unpaired) electrons. The van der Waals surface area contributed by atoms with E-state index in [0.29, 0.717) is 4.90 Å². The Morgan fingerprint density at radius 1 is 1.45 bits per heavy atom. The minimum absolute atomic E-state index is 0.115. The predicted octanol–water partition coefficient (Wildman–Crippen LogP) is 1.75. The van der Waals surface area contributed by atoms with Crippen LogP contribution in [0.4, 0.5) is 0 Å². The lowest BCUT2D eigenvalue weighted by molar-refractivity contribution is 0.108. The highest BCUT2D eigenvalue weighted by Crippen LogP contribution is 2.26. The van der Waals surface area contributed by atoms with Crippen LogP contribution >= 0.6 is 25.3 Å². The van der Waals surface area contributed by atoms with E-state index >= 15 is 0 Å². The Morgan fingerprint density at radius 3 is 2.55 bits per heavy atom. The molecular formula is C7H6O2S2. The molecule has 0 bridgehead atoms. The van der Waals surface area contributed by atoms with Gasteiger partial charge in [-0.2, -0.15) is 0 Å². The van der Waals surface area contributed by atoms with E-state index < -0.39 is 5.12 Å². The second-order valence-electron chi connectivity index (χ2n) is 1.98. The third-order valence-electron chi connectivity index (χ3n) is 1.25. The molecule has 0 aromatic heterocycles. The Hall–Kier alpha value is -0.610. The number of hydrogen-bond acceptors (Lipinski definition) is 3. The van der Waals surface area contributed by atoms with Crippen LogP contribution in [-0.2, 0) is 0 Å². The van der Waals surface area contributed by atoms with Gasteiger partial charge in [-0.1, -0.05) is 6.07 Å². The highest BCUT2D eigenvalue weighted by Gasteiger charge is 2.07. The van der Waals surface area contributed by atoms with Gasteiger partial charge in [-0.3, -0.25) is 4.79 Å². The topological polar surface area (TPSA) is 37.3 Å². The van der Waals surface area contributed by atoms with Crippen molar-refractivity contribution in [3.05, 3.63) is 23.8 Å². The third-order valence-corrected chi connectivity index (χ3v) is 1.85. The van der Waals surface area contributed by atoms with E-state index in [1.54, 1.807) is 12.1 Å². The van der Waals surface area contributed by atoms with Gasteiger partial charge in [0.05, 0.1) is 5.56 Å². The van der Waals surface area contributed by atoms with Crippen molar-refractivity contribution in [1.82, 2.24) is 0 Å². The number of hydrogen-bond donors (Lipinski definition) is 3. The Bertz CT molecular complexity index is 296. The second-order valence-corrected chi connectivity index (χ2v) is 2.87. The molecule has 0 aliphatic heterocycles. The molecule has 0 amide bonds. The van der Waals surface area contributed by atoms with Crippen molar-refractivity contribution in [2.75, 3.05) is 0 Å². The van der Waals surface area contributed by atoms with Crippen molar-refractivity contribution in [3.8, 4) is 5.75 Å². The van der Waals surface area contributed by atoms with Gasteiger partial charge in [0.1, 0.15) is 5.75 Å². The minimum atomic E-state index is -0.460. The van der Waals surface area contributed by atoms with Gasteiger partial charge in [0.25, 0.3) is 0 Å². The number of rotatable bonds is 1. The summed E-state index contributed by atoms with van der Waals surface area (Å²) in [6.07, 6.45) is 0. The molecule has 0 atom stereocenters. The summed E-state index contributed by atoms with van der Waals surface area (Å²) in [4.78, 5) is 11.1. The van der Waals surface area contributed by atoms with Crippen molar-refractivity contribution >= 4 is 30.4 Å². The van der Waals surface area contributed by atoms with Gasteiger partial charge in [-0.15, -0.1) is 25.3 Å². The fourth-order valence-electron chi connectivity index (χ4n) is 0.704. The molecule has 0 fully saturated rings. The van der Waals surface area contributed by atoms with E-state index in [4.69, 9.17) is 0 Å². The van der Waals surface area contributed by atoms with Gasteiger partial charge in [-0.25, -0.2) is 0 Å². The average Bonchev–Trinajstić information content (AvgIpc) is 1.94. The highest BCUT2D eigenvalue weighted by molar-refractivity contribution is 7.97. The Morgan fingerprint density at radius 2 is 2.09 bits per heavy atom. The first-order valence-electron chi connectivity index (χ1n) is 2.87. The average molecular weight is 186 g/mol. The summed E-state index contributed by atoms with van der Waals surface area (Å²) in [6, 6.07) is 4.72. The molecule has 0 saturated heterocycles. The van der Waals surface area contributed by atoms with Crippen molar-refractivity contribution in [2.24, 2.45) is 0 Å². The molecule has 1 N–H and O–H groups in total. The van der Waals surface area contributed by atoms with Crippen LogP contribution < -0.4 is 0 Å². The molecule has 0 spiro atoms. The van der Waals surface area contributed by atoms with Gasteiger partial charge < -0.3 is 5.11 Å². The van der Waals surface area contributed by atoms with E-state index in [9.17, 15) is 9.90 Å². The monoisotopic (exact) mass is 186 g/mol. The Labute approximate surface area is 75.1 Å². The number of carbonyl (C=O) groups is 1. The molecule has 0 heterocycles. The highest BCUT2D eigenvalue weighted by atomic mass is 32.1. The maximum atomic E-state index is 10.7. The van der Waals surface area contributed by atoms with Gasteiger partial charge in [-0.05, 0) is 12.1 Å². The van der Waals surface area contributed by atoms with Gasteiger partial charge in [0.15, 0.2) is 0 Å². The lowest BCUT2D eigenvalue weighted by Gasteiger charge is -2.00. The fraction of sp³-hybridized carbons (Fsp3) is 0. The number of para-hydroxylation sites is 1. The van der Waals surface area contributed by atoms with Gasteiger partial charge in [0.2, 0.25) is 5.12 Å². The SMILES string of the molecule is O=C(S)c1cccc(S)c1O. The molecule has 2 nitrogen and oxygen atoms in total. The van der Waals surface area contributed by atoms with Crippen molar-refractivity contribution in [2.45, 2.75) is 4.90 Å². The Kier molecular flexibility index (Phi) is 2.46. The predicted molar refractivity (Wildman–Crippen MR) is 48.7 cm³/mol. The maximum Gasteiger partial charge on any atom is 0.220 e. The summed E-state index contributed by atoms with van der Waals surface area (Å²) in [6.45, 7) is 0. The number of carbonyl (C=O) groups excluding carboxylic acids is 1. The van der Waals surface area contributed by atoms with E-state index in [1.165, 1.54) is 6.07 Å².